The van der Waals surface area contributed by atoms with Crippen molar-refractivity contribution in [1.82, 2.24) is 0 Å². The molecule has 44 heavy (non-hydrogen) atoms. The third-order valence-electron chi connectivity index (χ3n) is 7.77. The topological polar surface area (TPSA) is 52.6 Å². The lowest BCUT2D eigenvalue weighted by molar-refractivity contribution is -0.153. The Bertz CT molecular complexity index is 1500. The molecule has 5 aromatic rings. The molecule has 0 spiro atoms. The summed E-state index contributed by atoms with van der Waals surface area (Å²) in [6, 6.07) is 50.5. The Morgan fingerprint density at radius 1 is 0.614 bits per heavy atom. The minimum atomic E-state index is -2.31. The summed E-state index contributed by atoms with van der Waals surface area (Å²) in [5.41, 5.74) is -0.197. The first-order chi connectivity index (χ1) is 21.1. The predicted octanol–water partition coefficient (Wildman–Crippen LogP) is 3.73. The number of Topliss-reactive ketones (excluding diaryl/α,β-unsaturated/α-hetero) is 1. The number of hydrogen-bond donors (Lipinski definition) is 0. The molecule has 0 radical (unpaired) electrons. The van der Waals surface area contributed by atoms with E-state index >= 15 is 0 Å². The van der Waals surface area contributed by atoms with E-state index < -0.39 is 18.8 Å². The van der Waals surface area contributed by atoms with E-state index in [2.05, 4.69) is 72.8 Å². The van der Waals surface area contributed by atoms with Crippen molar-refractivity contribution >= 4 is 34.9 Å². The van der Waals surface area contributed by atoms with Crippen LogP contribution in [0.3, 0.4) is 0 Å². The fourth-order valence-corrected chi connectivity index (χ4v) is 10.1. The van der Waals surface area contributed by atoms with Crippen LogP contribution < -0.4 is 28.3 Å². The smallest absolute Gasteiger partial charge is 0.332 e. The summed E-state index contributed by atoms with van der Waals surface area (Å²) in [5.74, 6) is -0.685. The third kappa shape index (κ3) is 7.00. The molecule has 6 heteroatoms. The van der Waals surface area contributed by atoms with Gasteiger partial charge in [-0.15, -0.1) is 0 Å². The van der Waals surface area contributed by atoms with Crippen molar-refractivity contribution in [2.75, 3.05) is 19.4 Å². The van der Waals surface area contributed by atoms with Crippen LogP contribution in [0.5, 0.6) is 0 Å². The van der Waals surface area contributed by atoms with Gasteiger partial charge in [0.1, 0.15) is 29.8 Å². The summed E-state index contributed by atoms with van der Waals surface area (Å²) in [7, 11) is -2.31. The average molecular weight is 623 g/mol. The van der Waals surface area contributed by atoms with Gasteiger partial charge in [0, 0.05) is 12.0 Å². The van der Waals surface area contributed by atoms with Gasteiger partial charge in [0.2, 0.25) is 0 Å². The Hall–Kier alpha value is -4.08. The number of rotatable bonds is 13. The molecule has 5 rings (SSSR count). The Morgan fingerprint density at radius 2 is 1.02 bits per heavy atom. The minimum Gasteiger partial charge on any atom is -1.00 e. The zero-order valence-corrected chi connectivity index (χ0v) is 26.4. The first kappa shape index (κ1) is 32.8. The maximum Gasteiger partial charge on any atom is 0.332 e. The highest BCUT2D eigenvalue weighted by Gasteiger charge is 2.50. The Balaban J connectivity index is 0.00000442. The normalized spacial score (nSPS) is 12.4. The first-order valence-electron chi connectivity index (χ1n) is 14.6. The van der Waals surface area contributed by atoms with Crippen molar-refractivity contribution in [2.24, 2.45) is 0 Å². The van der Waals surface area contributed by atoms with E-state index in [1.165, 1.54) is 15.9 Å². The minimum absolute atomic E-state index is 0. The second kappa shape index (κ2) is 15.6. The number of esters is 1. The molecule has 224 valence electrons. The van der Waals surface area contributed by atoms with E-state index in [1.54, 1.807) is 6.92 Å². The van der Waals surface area contributed by atoms with Crippen molar-refractivity contribution in [2.45, 2.75) is 18.9 Å². The van der Waals surface area contributed by atoms with Gasteiger partial charge in [-0.05, 0) is 48.9 Å². The standard InChI is InChI=1S/C38H36O4P.ClH/c1-2-41-36(39)30-42-38(32-20-10-4-11-21-32,37(40)31-18-8-3-9-19-31)28-29-43(33-22-12-5-13-23-33,34-24-14-6-15-25-34)35-26-16-7-17-27-35;/h3-27H,2,28-30H2,1H3;1H/q+1;/p-1. The van der Waals surface area contributed by atoms with Crippen LogP contribution in [0.25, 0.3) is 0 Å². The lowest BCUT2D eigenvalue weighted by Gasteiger charge is -2.36. The molecule has 1 unspecified atom stereocenters. The summed E-state index contributed by atoms with van der Waals surface area (Å²) in [6.45, 7) is 1.66. The van der Waals surface area contributed by atoms with E-state index in [0.29, 0.717) is 23.7 Å². The van der Waals surface area contributed by atoms with E-state index in [0.717, 1.165) is 0 Å². The van der Waals surface area contributed by atoms with Crippen LogP contribution in [0.2, 0.25) is 0 Å². The molecule has 0 heterocycles. The number of ketones is 1. The predicted molar refractivity (Wildman–Crippen MR) is 176 cm³/mol. The molecule has 4 nitrogen and oxygen atoms in total. The third-order valence-corrected chi connectivity index (χ3v) is 12.2. The van der Waals surface area contributed by atoms with Crippen LogP contribution in [-0.4, -0.2) is 31.1 Å². The number of carbonyl (C=O) groups is 2. The second-order valence-electron chi connectivity index (χ2n) is 10.3. The van der Waals surface area contributed by atoms with Gasteiger partial charge >= 0.3 is 5.97 Å². The van der Waals surface area contributed by atoms with Crippen LogP contribution in [0, 0.1) is 0 Å². The number of halogens is 1. The van der Waals surface area contributed by atoms with Gasteiger partial charge in [-0.25, -0.2) is 4.79 Å². The summed E-state index contributed by atoms with van der Waals surface area (Å²) in [6.07, 6.45) is 0.970. The van der Waals surface area contributed by atoms with Gasteiger partial charge in [0.25, 0.3) is 0 Å². The summed E-state index contributed by atoms with van der Waals surface area (Å²) < 4.78 is 11.8. The average Bonchev–Trinajstić information content (AvgIpc) is 3.08. The zero-order chi connectivity index (χ0) is 30.0. The highest BCUT2D eigenvalue weighted by atomic mass is 35.5. The molecule has 0 aromatic heterocycles. The van der Waals surface area contributed by atoms with Gasteiger partial charge in [0.15, 0.2) is 11.4 Å². The summed E-state index contributed by atoms with van der Waals surface area (Å²) in [4.78, 5) is 27.4. The first-order valence-corrected chi connectivity index (χ1v) is 16.6. The van der Waals surface area contributed by atoms with E-state index in [4.69, 9.17) is 9.47 Å². The fourth-order valence-electron chi connectivity index (χ4n) is 5.73. The monoisotopic (exact) mass is 622 g/mol. The molecule has 0 saturated heterocycles. The van der Waals surface area contributed by atoms with Crippen LogP contribution in [0.4, 0.5) is 0 Å². The molecular formula is C38H36ClO4P. The number of ether oxygens (including phenoxy) is 2. The number of hydrogen-bond acceptors (Lipinski definition) is 4. The van der Waals surface area contributed by atoms with Crippen LogP contribution >= 0.6 is 7.26 Å². The highest BCUT2D eigenvalue weighted by molar-refractivity contribution is 7.95. The lowest BCUT2D eigenvalue weighted by atomic mass is 9.83. The fraction of sp³-hybridized carbons (Fsp3) is 0.158. The second-order valence-corrected chi connectivity index (χ2v) is 13.9. The SMILES string of the molecule is CCOC(=O)COC(CC[P+](c1ccccc1)(c1ccccc1)c1ccccc1)(C(=O)c1ccccc1)c1ccccc1.[Cl-]. The molecular weight excluding hydrogens is 587 g/mol. The molecule has 0 saturated carbocycles. The molecule has 0 aliphatic heterocycles. The molecule has 5 aromatic carbocycles. The largest absolute Gasteiger partial charge is 1.00 e. The van der Waals surface area contributed by atoms with Gasteiger partial charge in [-0.3, -0.25) is 4.79 Å². The van der Waals surface area contributed by atoms with E-state index in [9.17, 15) is 9.59 Å². The maximum absolute atomic E-state index is 14.7. The quantitative estimate of drug-likeness (QED) is 0.114. The Labute approximate surface area is 266 Å². The molecule has 0 N–H and O–H groups in total. The Morgan fingerprint density at radius 3 is 1.45 bits per heavy atom. The molecule has 0 aliphatic rings. The Kier molecular flexibility index (Phi) is 11.6. The highest BCUT2D eigenvalue weighted by Crippen LogP contribution is 2.57. The van der Waals surface area contributed by atoms with Crippen LogP contribution in [0.1, 0.15) is 29.3 Å². The maximum atomic E-state index is 14.7. The van der Waals surface area contributed by atoms with Crippen molar-refractivity contribution in [1.29, 1.82) is 0 Å². The molecule has 1 atom stereocenters. The summed E-state index contributed by atoms with van der Waals surface area (Å²) >= 11 is 0. The van der Waals surface area contributed by atoms with Gasteiger partial charge in [0.05, 0.1) is 12.8 Å². The van der Waals surface area contributed by atoms with E-state index in [-0.39, 0.29) is 31.4 Å². The van der Waals surface area contributed by atoms with Crippen molar-refractivity contribution in [3.63, 3.8) is 0 Å². The number of benzene rings is 5. The van der Waals surface area contributed by atoms with Crippen molar-refractivity contribution in [3.8, 4) is 0 Å². The van der Waals surface area contributed by atoms with Crippen LogP contribution in [-0.2, 0) is 19.9 Å². The zero-order valence-electron chi connectivity index (χ0n) is 24.7. The van der Waals surface area contributed by atoms with Gasteiger partial charge < -0.3 is 21.9 Å². The summed E-state index contributed by atoms with van der Waals surface area (Å²) in [5, 5.41) is 3.64. The van der Waals surface area contributed by atoms with Crippen molar-refractivity contribution in [3.05, 3.63) is 163 Å². The molecule has 0 fully saturated rings. The molecule has 0 aliphatic carbocycles. The molecule has 0 amide bonds. The lowest BCUT2D eigenvalue weighted by Crippen LogP contribution is -3.00. The van der Waals surface area contributed by atoms with Crippen molar-refractivity contribution < 1.29 is 31.5 Å². The van der Waals surface area contributed by atoms with Gasteiger partial charge in [-0.2, -0.15) is 0 Å². The van der Waals surface area contributed by atoms with E-state index in [1.807, 2.05) is 78.9 Å². The van der Waals surface area contributed by atoms with Crippen LogP contribution in [0.15, 0.2) is 152 Å². The molecule has 0 bridgehead atoms. The number of carbonyl (C=O) groups excluding carboxylic acids is 2. The van der Waals surface area contributed by atoms with Gasteiger partial charge in [-0.1, -0.05) is 115 Å².